The van der Waals surface area contributed by atoms with Crippen LogP contribution < -0.4 is 10.6 Å². The molecule has 2 unspecified atom stereocenters. The highest BCUT2D eigenvalue weighted by Crippen LogP contribution is 2.27. The van der Waals surface area contributed by atoms with Gasteiger partial charge in [-0.05, 0) is 43.0 Å². The molecule has 3 heterocycles. The second kappa shape index (κ2) is 13.4. The van der Waals surface area contributed by atoms with Gasteiger partial charge in [0.05, 0.1) is 12.2 Å². The van der Waals surface area contributed by atoms with Gasteiger partial charge in [0.25, 0.3) is 5.91 Å². The lowest BCUT2D eigenvalue weighted by Crippen LogP contribution is -2.68. The molecule has 236 valence electrons. The number of hydrogen-bond acceptors (Lipinski definition) is 8. The zero-order chi connectivity index (χ0) is 31.4. The minimum atomic E-state index is -3.72. The lowest BCUT2D eigenvalue weighted by molar-refractivity contribution is -0.165. The van der Waals surface area contributed by atoms with E-state index >= 15 is 0 Å². The van der Waals surface area contributed by atoms with Crippen LogP contribution in [-0.2, 0) is 33.9 Å². The highest BCUT2D eigenvalue weighted by Gasteiger charge is 2.47. The number of piperazine rings is 1. The third-order valence-corrected chi connectivity index (χ3v) is 10.1. The van der Waals surface area contributed by atoms with Crippen molar-refractivity contribution in [2.45, 2.75) is 70.0 Å². The number of hydrogen-bond donors (Lipinski definition) is 2. The minimum Gasteiger partial charge on any atom is -0.433 e. The molecular weight excluding hydrogens is 588 g/mol. The molecule has 3 aliphatic heterocycles. The van der Waals surface area contributed by atoms with E-state index in [1.807, 2.05) is 36.4 Å². The molecule has 2 aromatic carbocycles. The van der Waals surface area contributed by atoms with Gasteiger partial charge in [-0.25, -0.2) is 8.42 Å². The smallest absolute Gasteiger partial charge is 0.310 e. The quantitative estimate of drug-likeness (QED) is 0.315. The fourth-order valence-corrected chi connectivity index (χ4v) is 7.61. The molecule has 5 rings (SSSR count). The van der Waals surface area contributed by atoms with Crippen molar-refractivity contribution in [3.63, 3.8) is 0 Å². The van der Waals surface area contributed by atoms with E-state index in [0.29, 0.717) is 18.4 Å². The Balaban J connectivity index is 1.44. The maximum Gasteiger partial charge on any atom is 0.310 e. The van der Waals surface area contributed by atoms with Crippen molar-refractivity contribution in [3.8, 4) is 0 Å². The van der Waals surface area contributed by atoms with Gasteiger partial charge in [-0.2, -0.15) is 4.31 Å². The van der Waals surface area contributed by atoms with Crippen LogP contribution in [0.3, 0.4) is 0 Å². The normalized spacial score (nSPS) is 26.0. The molecule has 3 aliphatic rings. The van der Waals surface area contributed by atoms with Crippen molar-refractivity contribution >= 4 is 44.5 Å². The van der Waals surface area contributed by atoms with E-state index in [0.717, 1.165) is 10.8 Å². The van der Waals surface area contributed by atoms with Gasteiger partial charge in [0.15, 0.2) is 0 Å². The summed E-state index contributed by atoms with van der Waals surface area (Å²) < 4.78 is 38.3. The standard InChI is InChI=1S/C31H38N4O8S/c1-3-16-44(40,41)34-18-21-12-6-8-15-24(32-28(37)23-14-9-11-20-10-5-7-13-22(20)23)30(39)35(21)26(19-34)29(38)33-25-17-27(36)43-31(25)42-4-2/h5-11,13-14,21,24-26,31H,3-4,12,15-19H2,1-2H3,(H,32,37)(H,33,38)/t21-,24-,25?,26-,31?/m0/s1. The lowest BCUT2D eigenvalue weighted by Gasteiger charge is -2.47. The molecule has 2 fully saturated rings. The van der Waals surface area contributed by atoms with Gasteiger partial charge < -0.3 is 25.0 Å². The Morgan fingerprint density at radius 1 is 1.00 bits per heavy atom. The monoisotopic (exact) mass is 626 g/mol. The Labute approximate surface area is 256 Å². The van der Waals surface area contributed by atoms with Crippen LogP contribution >= 0.6 is 0 Å². The van der Waals surface area contributed by atoms with Crippen molar-refractivity contribution in [1.82, 2.24) is 19.8 Å². The number of esters is 1. The summed E-state index contributed by atoms with van der Waals surface area (Å²) >= 11 is 0. The summed E-state index contributed by atoms with van der Waals surface area (Å²) in [6, 6.07) is 9.14. The summed E-state index contributed by atoms with van der Waals surface area (Å²) in [5.74, 6) is -2.18. The summed E-state index contributed by atoms with van der Waals surface area (Å²) in [6.07, 6.45) is 3.45. The van der Waals surface area contributed by atoms with Crippen LogP contribution in [0, 0.1) is 0 Å². The first-order valence-electron chi connectivity index (χ1n) is 15.0. The average Bonchev–Trinajstić information content (AvgIpc) is 3.34. The molecule has 0 aromatic heterocycles. The fourth-order valence-electron chi connectivity index (χ4n) is 6.07. The number of carbonyl (C=O) groups excluding carboxylic acids is 4. The Hall–Kier alpha value is -3.81. The van der Waals surface area contributed by atoms with E-state index in [9.17, 15) is 27.6 Å². The van der Waals surface area contributed by atoms with Gasteiger partial charge in [0, 0.05) is 31.3 Å². The van der Waals surface area contributed by atoms with Crippen LogP contribution in [0.4, 0.5) is 0 Å². The van der Waals surface area contributed by atoms with Crippen LogP contribution in [-0.4, -0.2) is 97.2 Å². The number of nitrogens with zero attached hydrogens (tertiary/aromatic N) is 2. The number of cyclic esters (lactones) is 1. The van der Waals surface area contributed by atoms with E-state index in [1.54, 1.807) is 32.1 Å². The molecule has 0 saturated carbocycles. The molecule has 0 radical (unpaired) electrons. The lowest BCUT2D eigenvalue weighted by atomic mass is 9.97. The molecule has 0 bridgehead atoms. The SMILES string of the molecule is CCCS(=O)(=O)N1C[C@@H]2CC=CC[C@H](NC(=O)c3cccc4ccccc34)C(=O)N2[C@H](C(=O)NC2CC(=O)OC2OCC)C1. The largest absolute Gasteiger partial charge is 0.433 e. The van der Waals surface area contributed by atoms with Crippen LogP contribution in [0.2, 0.25) is 0 Å². The number of ether oxygens (including phenoxy) is 2. The maximum absolute atomic E-state index is 14.2. The Bertz CT molecular complexity index is 1560. The van der Waals surface area contributed by atoms with Crippen molar-refractivity contribution in [3.05, 3.63) is 60.2 Å². The van der Waals surface area contributed by atoms with Crippen molar-refractivity contribution in [2.75, 3.05) is 25.4 Å². The number of carbonyl (C=O) groups is 4. The molecule has 13 heteroatoms. The molecule has 5 atom stereocenters. The van der Waals surface area contributed by atoms with Crippen LogP contribution in [0.5, 0.6) is 0 Å². The predicted octanol–water partition coefficient (Wildman–Crippen LogP) is 1.70. The van der Waals surface area contributed by atoms with Crippen molar-refractivity contribution in [2.24, 2.45) is 0 Å². The average molecular weight is 627 g/mol. The zero-order valence-electron chi connectivity index (χ0n) is 24.8. The van der Waals surface area contributed by atoms with Gasteiger partial charge in [-0.3, -0.25) is 19.2 Å². The Kier molecular flexibility index (Phi) is 9.66. The predicted molar refractivity (Wildman–Crippen MR) is 162 cm³/mol. The van der Waals surface area contributed by atoms with Gasteiger partial charge in [0.1, 0.15) is 18.1 Å². The number of fused-ring (bicyclic) bond motifs is 2. The Morgan fingerprint density at radius 2 is 1.75 bits per heavy atom. The van der Waals surface area contributed by atoms with E-state index in [-0.39, 0.29) is 38.3 Å². The molecule has 44 heavy (non-hydrogen) atoms. The Morgan fingerprint density at radius 3 is 2.52 bits per heavy atom. The first-order chi connectivity index (χ1) is 21.1. The molecular formula is C31H38N4O8S. The van der Waals surface area contributed by atoms with E-state index in [2.05, 4.69) is 10.6 Å². The maximum atomic E-state index is 14.2. The summed E-state index contributed by atoms with van der Waals surface area (Å²) in [4.78, 5) is 55.1. The number of amides is 3. The number of nitrogens with one attached hydrogen (secondary N) is 2. The number of sulfonamides is 1. The first kappa shape index (κ1) is 31.6. The summed E-state index contributed by atoms with van der Waals surface area (Å²) in [5, 5.41) is 7.27. The highest BCUT2D eigenvalue weighted by atomic mass is 32.2. The molecule has 3 amide bonds. The summed E-state index contributed by atoms with van der Waals surface area (Å²) in [7, 11) is -3.72. The van der Waals surface area contributed by atoms with Gasteiger partial charge >= 0.3 is 5.97 Å². The second-order valence-corrected chi connectivity index (χ2v) is 13.3. The topological polar surface area (TPSA) is 151 Å². The van der Waals surface area contributed by atoms with Crippen molar-refractivity contribution < 1.29 is 37.1 Å². The number of benzene rings is 2. The highest BCUT2D eigenvalue weighted by molar-refractivity contribution is 7.89. The van der Waals surface area contributed by atoms with Crippen molar-refractivity contribution in [1.29, 1.82) is 0 Å². The van der Waals surface area contributed by atoms with Crippen LogP contribution in [0.15, 0.2) is 54.6 Å². The van der Waals surface area contributed by atoms with Gasteiger partial charge in [-0.1, -0.05) is 55.5 Å². The first-order valence-corrected chi connectivity index (χ1v) is 16.6. The van der Waals surface area contributed by atoms with Gasteiger partial charge in [-0.15, -0.1) is 0 Å². The molecule has 12 nitrogen and oxygen atoms in total. The van der Waals surface area contributed by atoms with E-state index < -0.39 is 64.2 Å². The molecule has 2 aromatic rings. The van der Waals surface area contributed by atoms with E-state index in [1.165, 1.54) is 9.21 Å². The molecule has 0 aliphatic carbocycles. The van der Waals surface area contributed by atoms with Crippen LogP contribution in [0.25, 0.3) is 10.8 Å². The summed E-state index contributed by atoms with van der Waals surface area (Å²) in [5.41, 5.74) is 0.413. The third kappa shape index (κ3) is 6.64. The zero-order valence-corrected chi connectivity index (χ0v) is 25.6. The third-order valence-electron chi connectivity index (χ3n) is 8.14. The summed E-state index contributed by atoms with van der Waals surface area (Å²) in [6.45, 7) is 3.48. The van der Waals surface area contributed by atoms with Crippen LogP contribution in [0.1, 0.15) is 49.9 Å². The second-order valence-electron chi connectivity index (χ2n) is 11.2. The molecule has 0 spiro atoms. The van der Waals surface area contributed by atoms with E-state index in [4.69, 9.17) is 9.47 Å². The van der Waals surface area contributed by atoms with Gasteiger partial charge in [0.2, 0.25) is 28.1 Å². The number of rotatable bonds is 9. The fraction of sp³-hybridized carbons (Fsp3) is 0.484. The molecule has 2 N–H and O–H groups in total. The minimum absolute atomic E-state index is 0.0127. The molecule has 2 saturated heterocycles.